The predicted octanol–water partition coefficient (Wildman–Crippen LogP) is 3.27. The lowest BCUT2D eigenvalue weighted by molar-refractivity contribution is 0.580. The predicted molar refractivity (Wildman–Crippen MR) is 86.2 cm³/mol. The number of benzene rings is 1. The van der Waals surface area contributed by atoms with Gasteiger partial charge in [-0.3, -0.25) is 0 Å². The molecule has 114 valence electrons. The number of nitrogen functional groups attached to an aromatic ring is 1. The molecule has 1 heterocycles. The van der Waals surface area contributed by atoms with E-state index in [0.717, 1.165) is 29.0 Å². The average molecular weight is 393 g/mol. The van der Waals surface area contributed by atoms with Crippen LogP contribution in [0.2, 0.25) is 0 Å². The minimum atomic E-state index is -3.77. The maximum absolute atomic E-state index is 13.3. The number of aryl methyl sites for hydroxylation is 1. The summed E-state index contributed by atoms with van der Waals surface area (Å²) in [6, 6.07) is 4.13. The molecule has 3 N–H and O–H groups in total. The van der Waals surface area contributed by atoms with Gasteiger partial charge in [0.15, 0.2) is 0 Å². The molecule has 0 saturated heterocycles. The first kappa shape index (κ1) is 16.4. The van der Waals surface area contributed by atoms with Crippen molar-refractivity contribution in [1.82, 2.24) is 4.72 Å². The van der Waals surface area contributed by atoms with Crippen LogP contribution < -0.4 is 10.5 Å². The van der Waals surface area contributed by atoms with Gasteiger partial charge in [-0.15, -0.1) is 11.3 Å². The van der Waals surface area contributed by atoms with Crippen LogP contribution in [0.15, 0.2) is 32.9 Å². The zero-order valence-electron chi connectivity index (χ0n) is 11.2. The molecule has 1 aromatic heterocycles. The Morgan fingerprint density at radius 3 is 2.81 bits per heavy atom. The number of nitrogens with two attached hydrogens (primary N) is 1. The van der Waals surface area contributed by atoms with E-state index in [1.165, 1.54) is 11.3 Å². The van der Waals surface area contributed by atoms with Crippen molar-refractivity contribution in [1.29, 1.82) is 0 Å². The van der Waals surface area contributed by atoms with Crippen LogP contribution in [0.4, 0.5) is 10.1 Å². The molecule has 0 aliphatic heterocycles. The van der Waals surface area contributed by atoms with Crippen LogP contribution in [-0.4, -0.2) is 8.42 Å². The van der Waals surface area contributed by atoms with Crippen LogP contribution in [0.1, 0.15) is 17.4 Å². The molecule has 2 rings (SSSR count). The zero-order chi connectivity index (χ0) is 15.6. The summed E-state index contributed by atoms with van der Waals surface area (Å²) >= 11 is 4.55. The van der Waals surface area contributed by atoms with Crippen molar-refractivity contribution in [2.45, 2.75) is 24.8 Å². The van der Waals surface area contributed by atoms with E-state index in [-0.39, 0.29) is 21.6 Å². The minimum Gasteiger partial charge on any atom is -0.396 e. The van der Waals surface area contributed by atoms with Crippen molar-refractivity contribution in [2.24, 2.45) is 0 Å². The smallest absolute Gasteiger partial charge is 0.242 e. The Morgan fingerprint density at radius 2 is 2.14 bits per heavy atom. The Hall–Kier alpha value is -0.960. The molecule has 8 heteroatoms. The minimum absolute atomic E-state index is 0.0731. The summed E-state index contributed by atoms with van der Waals surface area (Å²) in [6.45, 7) is 2.21. The van der Waals surface area contributed by atoms with Gasteiger partial charge in [0.2, 0.25) is 10.0 Å². The lowest BCUT2D eigenvalue weighted by Crippen LogP contribution is -2.24. The number of hydrogen-bond donors (Lipinski definition) is 2. The van der Waals surface area contributed by atoms with E-state index in [1.54, 1.807) is 0 Å². The van der Waals surface area contributed by atoms with Gasteiger partial charge in [0.1, 0.15) is 5.82 Å². The Morgan fingerprint density at radius 1 is 1.43 bits per heavy atom. The van der Waals surface area contributed by atoms with Gasteiger partial charge in [-0.2, -0.15) is 0 Å². The molecule has 0 amide bonds. The number of anilines is 1. The van der Waals surface area contributed by atoms with Gasteiger partial charge >= 0.3 is 0 Å². The van der Waals surface area contributed by atoms with Crippen LogP contribution in [0, 0.1) is 5.82 Å². The number of nitrogens with one attached hydrogen (secondary N) is 1. The molecule has 0 spiro atoms. The van der Waals surface area contributed by atoms with E-state index in [2.05, 4.69) is 20.7 Å². The summed E-state index contributed by atoms with van der Waals surface area (Å²) < 4.78 is 40.5. The Labute approximate surface area is 135 Å². The molecule has 0 fully saturated rings. The highest BCUT2D eigenvalue weighted by molar-refractivity contribution is 9.10. The summed E-state index contributed by atoms with van der Waals surface area (Å²) in [7, 11) is -3.77. The fourth-order valence-corrected chi connectivity index (χ4v) is 4.88. The first-order chi connectivity index (χ1) is 9.85. The molecule has 21 heavy (non-hydrogen) atoms. The third kappa shape index (κ3) is 3.63. The van der Waals surface area contributed by atoms with Crippen molar-refractivity contribution < 1.29 is 12.8 Å². The topological polar surface area (TPSA) is 72.2 Å². The molecule has 4 nitrogen and oxygen atoms in total. The molecular weight excluding hydrogens is 379 g/mol. The van der Waals surface area contributed by atoms with Crippen LogP contribution in [0.5, 0.6) is 0 Å². The van der Waals surface area contributed by atoms with Gasteiger partial charge < -0.3 is 5.73 Å². The highest BCUT2D eigenvalue weighted by Gasteiger charge is 2.20. The lowest BCUT2D eigenvalue weighted by Gasteiger charge is -2.10. The Balaban J connectivity index is 2.25. The Kier molecular flexibility index (Phi) is 5.03. The van der Waals surface area contributed by atoms with Crippen molar-refractivity contribution in [2.75, 3.05) is 5.73 Å². The van der Waals surface area contributed by atoms with Crippen molar-refractivity contribution >= 4 is 43.0 Å². The fourth-order valence-electron chi connectivity index (χ4n) is 1.83. The maximum atomic E-state index is 13.3. The third-order valence-corrected chi connectivity index (χ3v) is 6.30. The number of hydrogen-bond acceptors (Lipinski definition) is 4. The van der Waals surface area contributed by atoms with E-state index >= 15 is 0 Å². The summed E-state index contributed by atoms with van der Waals surface area (Å²) in [5, 5.41) is 1.92. The maximum Gasteiger partial charge on any atom is 0.242 e. The largest absolute Gasteiger partial charge is 0.396 e. The summed E-state index contributed by atoms with van der Waals surface area (Å²) in [6.07, 6.45) is 0.841. The zero-order valence-corrected chi connectivity index (χ0v) is 14.4. The highest BCUT2D eigenvalue weighted by atomic mass is 79.9. The standard InChI is InChI=1S/C13H14BrFN2O2S2/c1-2-8-3-4-20-12(8)7-17-21(18,19)13-6-11(16)10(15)5-9(13)14/h3-6,17H,2,7,16H2,1H3. The van der Waals surface area contributed by atoms with Crippen LogP contribution in [0.3, 0.4) is 0 Å². The molecular formula is C13H14BrFN2O2S2. The molecule has 0 atom stereocenters. The van der Waals surface area contributed by atoms with E-state index in [9.17, 15) is 12.8 Å². The Bertz CT molecular complexity index is 760. The normalized spacial score (nSPS) is 11.8. The van der Waals surface area contributed by atoms with Crippen molar-refractivity contribution in [3.8, 4) is 0 Å². The number of sulfonamides is 1. The second-order valence-corrected chi connectivity index (χ2v) is 7.94. The quantitative estimate of drug-likeness (QED) is 0.766. The average Bonchev–Trinajstić information content (AvgIpc) is 2.88. The van der Waals surface area contributed by atoms with Crippen molar-refractivity contribution in [3.05, 3.63) is 44.3 Å². The highest BCUT2D eigenvalue weighted by Crippen LogP contribution is 2.27. The SMILES string of the molecule is CCc1ccsc1CNS(=O)(=O)c1cc(N)c(F)cc1Br. The van der Waals surface area contributed by atoms with Crippen molar-refractivity contribution in [3.63, 3.8) is 0 Å². The number of rotatable bonds is 5. The molecule has 0 bridgehead atoms. The van der Waals surface area contributed by atoms with E-state index in [0.29, 0.717) is 0 Å². The van der Waals surface area contributed by atoms with Gasteiger partial charge in [-0.05, 0) is 51.5 Å². The first-order valence-electron chi connectivity index (χ1n) is 6.14. The fraction of sp³-hybridized carbons (Fsp3) is 0.231. The van der Waals surface area contributed by atoms with Crippen LogP contribution in [0.25, 0.3) is 0 Å². The second-order valence-electron chi connectivity index (χ2n) is 4.35. The molecule has 0 aliphatic carbocycles. The molecule has 2 aromatic rings. The number of halogens is 2. The van der Waals surface area contributed by atoms with Crippen LogP contribution in [-0.2, 0) is 23.0 Å². The van der Waals surface area contributed by atoms with Gasteiger partial charge in [0.05, 0.1) is 10.6 Å². The molecule has 0 aliphatic rings. The summed E-state index contributed by atoms with van der Waals surface area (Å²) in [4.78, 5) is 0.892. The number of thiophene rings is 1. The van der Waals surface area contributed by atoms with E-state index < -0.39 is 15.8 Å². The molecule has 0 unspecified atom stereocenters. The second kappa shape index (κ2) is 6.43. The van der Waals surface area contributed by atoms with Gasteiger partial charge in [-0.25, -0.2) is 17.5 Å². The summed E-state index contributed by atoms with van der Waals surface area (Å²) in [5.41, 5.74) is 6.34. The van der Waals surface area contributed by atoms with E-state index in [4.69, 9.17) is 5.73 Å². The molecule has 0 radical (unpaired) electrons. The lowest BCUT2D eigenvalue weighted by atomic mass is 10.2. The first-order valence-corrected chi connectivity index (χ1v) is 9.30. The summed E-state index contributed by atoms with van der Waals surface area (Å²) in [5.74, 6) is -0.660. The monoisotopic (exact) mass is 392 g/mol. The molecule has 1 aromatic carbocycles. The third-order valence-electron chi connectivity index (χ3n) is 2.98. The molecule has 0 saturated carbocycles. The van der Waals surface area contributed by atoms with E-state index in [1.807, 2.05) is 18.4 Å². The van der Waals surface area contributed by atoms with Crippen LogP contribution >= 0.6 is 27.3 Å². The van der Waals surface area contributed by atoms with Gasteiger partial charge in [0.25, 0.3) is 0 Å². The van der Waals surface area contributed by atoms with Gasteiger partial charge in [-0.1, -0.05) is 6.92 Å². The van der Waals surface area contributed by atoms with Gasteiger partial charge in [0, 0.05) is 15.9 Å².